The lowest BCUT2D eigenvalue weighted by Crippen LogP contribution is -2.09. The molecule has 4 heteroatoms. The molecule has 2 aromatic carbocycles. The minimum absolute atomic E-state index is 0.0498. The number of benzene rings is 2. The molecule has 0 bridgehead atoms. The Morgan fingerprint density at radius 3 is 2.36 bits per heavy atom. The summed E-state index contributed by atoms with van der Waals surface area (Å²) in [6.45, 7) is 4.21. The summed E-state index contributed by atoms with van der Waals surface area (Å²) in [7, 11) is 0. The van der Waals surface area contributed by atoms with Crippen LogP contribution in [-0.4, -0.2) is 5.91 Å². The summed E-state index contributed by atoms with van der Waals surface area (Å²) in [5, 5.41) is 2.37. The molecule has 0 aliphatic heterocycles. The lowest BCUT2D eigenvalue weighted by atomic mass is 10.0. The summed E-state index contributed by atoms with van der Waals surface area (Å²) in [6.07, 6.45) is 2.95. The monoisotopic (exact) mass is 301 g/mol. The topological polar surface area (TPSA) is 29.1 Å². The first-order chi connectivity index (χ1) is 10.5. The van der Waals surface area contributed by atoms with Gasteiger partial charge in [0, 0.05) is 12.1 Å². The summed E-state index contributed by atoms with van der Waals surface area (Å²) in [6, 6.07) is 10.8. The third-order valence-corrected chi connectivity index (χ3v) is 3.22. The van der Waals surface area contributed by atoms with E-state index in [1.807, 2.05) is 24.3 Å². The van der Waals surface area contributed by atoms with Crippen molar-refractivity contribution in [3.05, 3.63) is 71.3 Å². The molecule has 0 saturated carbocycles. The molecule has 1 N–H and O–H groups in total. The molecule has 22 heavy (non-hydrogen) atoms. The Morgan fingerprint density at radius 2 is 1.77 bits per heavy atom. The zero-order valence-electron chi connectivity index (χ0n) is 12.4. The van der Waals surface area contributed by atoms with E-state index in [1.165, 1.54) is 17.7 Å². The first-order valence-electron chi connectivity index (χ1n) is 7.00. The first-order valence-corrected chi connectivity index (χ1v) is 7.00. The van der Waals surface area contributed by atoms with Gasteiger partial charge in [-0.05, 0) is 35.3 Å². The van der Waals surface area contributed by atoms with E-state index >= 15 is 0 Å². The van der Waals surface area contributed by atoms with Crippen molar-refractivity contribution in [1.82, 2.24) is 0 Å². The zero-order chi connectivity index (χ0) is 16.1. The fourth-order valence-electron chi connectivity index (χ4n) is 1.93. The molecule has 2 nitrogen and oxygen atoms in total. The van der Waals surface area contributed by atoms with Crippen molar-refractivity contribution in [3.8, 4) is 0 Å². The van der Waals surface area contributed by atoms with Gasteiger partial charge in [-0.3, -0.25) is 4.79 Å². The van der Waals surface area contributed by atoms with E-state index in [0.29, 0.717) is 5.92 Å². The van der Waals surface area contributed by atoms with Gasteiger partial charge < -0.3 is 5.32 Å². The number of carbonyl (C=O) groups excluding carboxylic acids is 1. The van der Waals surface area contributed by atoms with Crippen LogP contribution in [0.1, 0.15) is 30.9 Å². The van der Waals surface area contributed by atoms with Crippen LogP contribution in [-0.2, 0) is 4.79 Å². The standard InChI is InChI=1S/C18H17F2NO/c1-12(2)14-6-3-13(4-7-14)5-10-18(22)21-17-9-8-15(19)11-16(17)20/h3-12H,1-2H3,(H,21,22)/b10-5+. The molecule has 2 rings (SSSR count). The van der Waals surface area contributed by atoms with E-state index in [0.717, 1.165) is 17.7 Å². The molecular weight excluding hydrogens is 284 g/mol. The van der Waals surface area contributed by atoms with Crippen molar-refractivity contribution in [2.75, 3.05) is 5.32 Å². The minimum Gasteiger partial charge on any atom is -0.320 e. The SMILES string of the molecule is CC(C)c1ccc(/C=C/C(=O)Nc2ccc(F)cc2F)cc1. The van der Waals surface area contributed by atoms with Crippen LogP contribution in [0.4, 0.5) is 14.5 Å². The van der Waals surface area contributed by atoms with Crippen molar-refractivity contribution in [2.24, 2.45) is 0 Å². The van der Waals surface area contributed by atoms with Gasteiger partial charge >= 0.3 is 0 Å². The van der Waals surface area contributed by atoms with E-state index in [1.54, 1.807) is 6.08 Å². The molecule has 0 radical (unpaired) electrons. The van der Waals surface area contributed by atoms with E-state index < -0.39 is 17.5 Å². The summed E-state index contributed by atoms with van der Waals surface area (Å²) in [5.74, 6) is -1.51. The average Bonchev–Trinajstić information content (AvgIpc) is 2.48. The third-order valence-electron chi connectivity index (χ3n) is 3.22. The molecule has 0 aliphatic carbocycles. The van der Waals surface area contributed by atoms with Gasteiger partial charge in [0.25, 0.3) is 0 Å². The third kappa shape index (κ3) is 4.25. The van der Waals surface area contributed by atoms with Crippen LogP contribution < -0.4 is 5.32 Å². The van der Waals surface area contributed by atoms with Crippen LogP contribution >= 0.6 is 0 Å². The number of hydrogen-bond acceptors (Lipinski definition) is 1. The molecule has 0 spiro atoms. The van der Waals surface area contributed by atoms with E-state index in [2.05, 4.69) is 19.2 Å². The summed E-state index contributed by atoms with van der Waals surface area (Å²) in [5.41, 5.74) is 2.04. The number of rotatable bonds is 4. The van der Waals surface area contributed by atoms with Gasteiger partial charge in [0.1, 0.15) is 11.6 Å². The molecule has 0 aliphatic rings. The Hall–Kier alpha value is -2.49. The number of amides is 1. The van der Waals surface area contributed by atoms with Crippen molar-refractivity contribution in [1.29, 1.82) is 0 Å². The fourth-order valence-corrected chi connectivity index (χ4v) is 1.93. The maximum atomic E-state index is 13.4. The van der Waals surface area contributed by atoms with Crippen LogP contribution in [0.3, 0.4) is 0 Å². The number of anilines is 1. The molecule has 0 aromatic heterocycles. The Labute approximate surface area is 128 Å². The second-order valence-electron chi connectivity index (χ2n) is 5.27. The van der Waals surface area contributed by atoms with Gasteiger partial charge in [-0.1, -0.05) is 38.1 Å². The maximum Gasteiger partial charge on any atom is 0.248 e. The van der Waals surface area contributed by atoms with Crippen LogP contribution in [0.25, 0.3) is 6.08 Å². The summed E-state index contributed by atoms with van der Waals surface area (Å²) >= 11 is 0. The lowest BCUT2D eigenvalue weighted by molar-refractivity contribution is -0.111. The molecular formula is C18H17F2NO. The number of carbonyl (C=O) groups is 1. The molecule has 0 heterocycles. The number of hydrogen-bond donors (Lipinski definition) is 1. The Kier molecular flexibility index (Phi) is 5.04. The summed E-state index contributed by atoms with van der Waals surface area (Å²) < 4.78 is 26.2. The predicted molar refractivity (Wildman–Crippen MR) is 84.6 cm³/mol. The van der Waals surface area contributed by atoms with Crippen LogP contribution in [0, 0.1) is 11.6 Å². The Morgan fingerprint density at radius 1 is 1.09 bits per heavy atom. The van der Waals surface area contributed by atoms with Gasteiger partial charge in [-0.15, -0.1) is 0 Å². The van der Waals surface area contributed by atoms with Gasteiger partial charge in [0.05, 0.1) is 5.69 Å². The van der Waals surface area contributed by atoms with Gasteiger partial charge in [0.2, 0.25) is 5.91 Å². The molecule has 2 aromatic rings. The average molecular weight is 301 g/mol. The minimum atomic E-state index is -0.803. The van der Waals surface area contributed by atoms with E-state index in [-0.39, 0.29) is 5.69 Å². The highest BCUT2D eigenvalue weighted by Crippen LogP contribution is 2.16. The Bertz CT molecular complexity index is 691. The quantitative estimate of drug-likeness (QED) is 0.812. The second-order valence-corrected chi connectivity index (χ2v) is 5.27. The predicted octanol–water partition coefficient (Wildman–Crippen LogP) is 4.74. The molecule has 0 atom stereocenters. The van der Waals surface area contributed by atoms with Gasteiger partial charge in [0.15, 0.2) is 0 Å². The fraction of sp³-hybridized carbons (Fsp3) is 0.167. The summed E-state index contributed by atoms with van der Waals surface area (Å²) in [4.78, 5) is 11.7. The van der Waals surface area contributed by atoms with Gasteiger partial charge in [-0.25, -0.2) is 8.78 Å². The highest BCUT2D eigenvalue weighted by molar-refractivity contribution is 6.01. The van der Waals surface area contributed by atoms with Crippen molar-refractivity contribution >= 4 is 17.7 Å². The smallest absolute Gasteiger partial charge is 0.248 e. The van der Waals surface area contributed by atoms with E-state index in [9.17, 15) is 13.6 Å². The van der Waals surface area contributed by atoms with Crippen LogP contribution in [0.15, 0.2) is 48.5 Å². The lowest BCUT2D eigenvalue weighted by Gasteiger charge is -2.05. The first kappa shape index (κ1) is 15.9. The zero-order valence-corrected chi connectivity index (χ0v) is 12.4. The molecule has 0 saturated heterocycles. The highest BCUT2D eigenvalue weighted by Gasteiger charge is 2.05. The largest absolute Gasteiger partial charge is 0.320 e. The van der Waals surface area contributed by atoms with Crippen LogP contribution in [0.2, 0.25) is 0 Å². The van der Waals surface area contributed by atoms with Crippen molar-refractivity contribution < 1.29 is 13.6 Å². The van der Waals surface area contributed by atoms with Crippen LogP contribution in [0.5, 0.6) is 0 Å². The number of halogens is 2. The van der Waals surface area contributed by atoms with E-state index in [4.69, 9.17) is 0 Å². The van der Waals surface area contributed by atoms with Crippen molar-refractivity contribution in [3.63, 3.8) is 0 Å². The molecule has 0 fully saturated rings. The number of nitrogens with one attached hydrogen (secondary N) is 1. The molecule has 0 unspecified atom stereocenters. The van der Waals surface area contributed by atoms with Crippen molar-refractivity contribution in [2.45, 2.75) is 19.8 Å². The highest BCUT2D eigenvalue weighted by atomic mass is 19.1. The van der Waals surface area contributed by atoms with Gasteiger partial charge in [-0.2, -0.15) is 0 Å². The second kappa shape index (κ2) is 6.98. The normalized spacial score (nSPS) is 11.1. The maximum absolute atomic E-state index is 13.4. The molecule has 114 valence electrons. The Balaban J connectivity index is 2.01. The molecule has 1 amide bonds.